The molecule has 5 nitrogen and oxygen atoms in total. The van der Waals surface area contributed by atoms with Crippen LogP contribution in [0.1, 0.15) is 12.0 Å². The Bertz CT molecular complexity index is 605. The van der Waals surface area contributed by atoms with E-state index in [0.717, 1.165) is 13.0 Å². The van der Waals surface area contributed by atoms with Crippen molar-refractivity contribution in [2.45, 2.75) is 18.9 Å². The number of nitrogens with one attached hydrogen (secondary N) is 1. The topological polar surface area (TPSA) is 58.6 Å². The van der Waals surface area contributed by atoms with Crippen LogP contribution in [0.2, 0.25) is 0 Å². The maximum Gasteiger partial charge on any atom is 0.169 e. The van der Waals surface area contributed by atoms with Gasteiger partial charge in [-0.05, 0) is 30.6 Å². The van der Waals surface area contributed by atoms with Gasteiger partial charge in [-0.1, -0.05) is 30.3 Å². The molecule has 1 heterocycles. The van der Waals surface area contributed by atoms with Crippen molar-refractivity contribution in [3.8, 4) is 0 Å². The van der Waals surface area contributed by atoms with E-state index in [0.29, 0.717) is 24.7 Å². The molecule has 1 saturated heterocycles. The quantitative estimate of drug-likeness (QED) is 0.742. The molecular formula is C16H24N2O3S2. The third kappa shape index (κ3) is 5.75. The first-order valence-corrected chi connectivity index (χ1v) is 10.0. The fraction of sp³-hybridized carbons (Fsp3) is 0.562. The summed E-state index contributed by atoms with van der Waals surface area (Å²) >= 11 is 5.48. The summed E-state index contributed by atoms with van der Waals surface area (Å²) in [6.45, 7) is 1.86. The highest BCUT2D eigenvalue weighted by atomic mass is 32.2. The molecule has 1 atom stereocenters. The number of rotatable bonds is 7. The molecule has 0 aliphatic carbocycles. The highest BCUT2D eigenvalue weighted by molar-refractivity contribution is 7.91. The van der Waals surface area contributed by atoms with Crippen molar-refractivity contribution in [1.82, 2.24) is 10.2 Å². The zero-order valence-corrected chi connectivity index (χ0v) is 15.0. The molecule has 7 heteroatoms. The molecule has 1 aromatic rings. The van der Waals surface area contributed by atoms with Gasteiger partial charge in [0.25, 0.3) is 0 Å². The molecule has 0 saturated carbocycles. The minimum Gasteiger partial charge on any atom is -0.383 e. The first-order chi connectivity index (χ1) is 11.0. The van der Waals surface area contributed by atoms with Crippen molar-refractivity contribution in [3.05, 3.63) is 35.9 Å². The van der Waals surface area contributed by atoms with E-state index in [1.807, 2.05) is 23.1 Å². The molecule has 1 N–H and O–H groups in total. The molecule has 0 amide bonds. The van der Waals surface area contributed by atoms with Crippen LogP contribution in [0.15, 0.2) is 30.3 Å². The van der Waals surface area contributed by atoms with Crippen molar-refractivity contribution in [2.75, 3.05) is 38.3 Å². The summed E-state index contributed by atoms with van der Waals surface area (Å²) in [5.74, 6) is 0.422. The largest absolute Gasteiger partial charge is 0.383 e. The molecule has 0 bridgehead atoms. The molecular weight excluding hydrogens is 332 g/mol. The lowest BCUT2D eigenvalue weighted by Crippen LogP contribution is -2.48. The van der Waals surface area contributed by atoms with Crippen molar-refractivity contribution in [3.63, 3.8) is 0 Å². The van der Waals surface area contributed by atoms with E-state index >= 15 is 0 Å². The lowest BCUT2D eigenvalue weighted by atomic mass is 10.1. The predicted octanol–water partition coefficient (Wildman–Crippen LogP) is 1.24. The summed E-state index contributed by atoms with van der Waals surface area (Å²) in [4.78, 5) is 1.97. The molecule has 0 unspecified atom stereocenters. The van der Waals surface area contributed by atoms with Crippen molar-refractivity contribution in [2.24, 2.45) is 0 Å². The van der Waals surface area contributed by atoms with Gasteiger partial charge >= 0.3 is 0 Å². The third-order valence-electron chi connectivity index (χ3n) is 3.98. The van der Waals surface area contributed by atoms with Crippen LogP contribution >= 0.6 is 12.2 Å². The van der Waals surface area contributed by atoms with E-state index < -0.39 is 9.84 Å². The standard InChI is InChI=1S/C16H24N2O3S2/c1-21-11-10-18(15-8-12-23(19,20)13-15)16(22)17-9-7-14-5-3-2-4-6-14/h2-6,15H,7-13H2,1H3,(H,17,22)/t15-/m0/s1. The number of hydrogen-bond acceptors (Lipinski definition) is 4. The Morgan fingerprint density at radius 1 is 1.39 bits per heavy atom. The van der Waals surface area contributed by atoms with Crippen LogP contribution in [0.5, 0.6) is 0 Å². The Kier molecular flexibility index (Phi) is 6.80. The number of nitrogens with zero attached hydrogens (tertiary/aromatic N) is 1. The summed E-state index contributed by atoms with van der Waals surface area (Å²) in [6.07, 6.45) is 1.51. The van der Waals surface area contributed by atoms with Crippen molar-refractivity contribution < 1.29 is 13.2 Å². The molecule has 1 fully saturated rings. The van der Waals surface area contributed by atoms with E-state index in [4.69, 9.17) is 17.0 Å². The second-order valence-corrected chi connectivity index (χ2v) is 8.33. The highest BCUT2D eigenvalue weighted by Gasteiger charge is 2.33. The van der Waals surface area contributed by atoms with Gasteiger partial charge < -0.3 is 15.0 Å². The predicted molar refractivity (Wildman–Crippen MR) is 96.4 cm³/mol. The van der Waals surface area contributed by atoms with Gasteiger partial charge in [0, 0.05) is 26.2 Å². The van der Waals surface area contributed by atoms with Crippen molar-refractivity contribution in [1.29, 1.82) is 0 Å². The highest BCUT2D eigenvalue weighted by Crippen LogP contribution is 2.18. The van der Waals surface area contributed by atoms with E-state index in [9.17, 15) is 8.42 Å². The number of methoxy groups -OCH3 is 1. The Morgan fingerprint density at radius 2 is 2.13 bits per heavy atom. The van der Waals surface area contributed by atoms with Crippen LogP contribution in [0, 0.1) is 0 Å². The zero-order chi connectivity index (χ0) is 16.7. The number of thiocarbonyl (C=S) groups is 1. The van der Waals surface area contributed by atoms with Crippen LogP contribution < -0.4 is 5.32 Å². The van der Waals surface area contributed by atoms with Crippen LogP contribution in [-0.4, -0.2) is 62.8 Å². The molecule has 128 valence electrons. The first-order valence-electron chi connectivity index (χ1n) is 7.79. The summed E-state index contributed by atoms with van der Waals surface area (Å²) < 4.78 is 28.6. The fourth-order valence-electron chi connectivity index (χ4n) is 2.72. The van der Waals surface area contributed by atoms with Gasteiger partial charge in [0.1, 0.15) is 0 Å². The van der Waals surface area contributed by atoms with Gasteiger partial charge in [0.2, 0.25) is 0 Å². The number of hydrogen-bond donors (Lipinski definition) is 1. The lowest BCUT2D eigenvalue weighted by Gasteiger charge is -2.30. The van der Waals surface area contributed by atoms with E-state index in [2.05, 4.69) is 17.4 Å². The maximum absolute atomic E-state index is 11.7. The second kappa shape index (κ2) is 8.61. The molecule has 0 aromatic heterocycles. The fourth-order valence-corrected chi connectivity index (χ4v) is 4.79. The van der Waals surface area contributed by atoms with Crippen molar-refractivity contribution >= 4 is 27.2 Å². The lowest BCUT2D eigenvalue weighted by molar-refractivity contribution is 0.164. The van der Waals surface area contributed by atoms with Gasteiger partial charge in [-0.15, -0.1) is 0 Å². The van der Waals surface area contributed by atoms with Gasteiger partial charge in [-0.25, -0.2) is 8.42 Å². The number of ether oxygens (including phenoxy) is 1. The monoisotopic (exact) mass is 356 g/mol. The van der Waals surface area contributed by atoms with Gasteiger partial charge in [-0.2, -0.15) is 0 Å². The van der Waals surface area contributed by atoms with Gasteiger partial charge in [0.15, 0.2) is 14.9 Å². The number of benzene rings is 1. The van der Waals surface area contributed by atoms with E-state index in [1.165, 1.54) is 5.56 Å². The molecule has 2 rings (SSSR count). The van der Waals surface area contributed by atoms with Crippen LogP contribution in [0.25, 0.3) is 0 Å². The molecule has 23 heavy (non-hydrogen) atoms. The molecule has 1 aliphatic rings. The van der Waals surface area contributed by atoms with Crippen LogP contribution in [0.4, 0.5) is 0 Å². The molecule has 1 aromatic carbocycles. The average Bonchev–Trinajstić information content (AvgIpc) is 2.88. The number of sulfone groups is 1. The maximum atomic E-state index is 11.7. The van der Waals surface area contributed by atoms with E-state index in [1.54, 1.807) is 7.11 Å². The molecule has 1 aliphatic heterocycles. The van der Waals surface area contributed by atoms with Gasteiger partial charge in [-0.3, -0.25) is 0 Å². The average molecular weight is 357 g/mol. The summed E-state index contributed by atoms with van der Waals surface area (Å²) in [7, 11) is -1.30. The second-order valence-electron chi connectivity index (χ2n) is 5.71. The summed E-state index contributed by atoms with van der Waals surface area (Å²) in [5, 5.41) is 3.86. The minimum absolute atomic E-state index is 0.0492. The van der Waals surface area contributed by atoms with Gasteiger partial charge in [0.05, 0.1) is 18.1 Å². The Hall–Kier alpha value is -1.18. The summed E-state index contributed by atoms with van der Waals surface area (Å²) in [5.41, 5.74) is 1.25. The minimum atomic E-state index is -2.93. The zero-order valence-electron chi connectivity index (χ0n) is 13.4. The molecule has 0 spiro atoms. The summed E-state index contributed by atoms with van der Waals surface area (Å²) in [6, 6.07) is 10.1. The van der Waals surface area contributed by atoms with Crippen LogP contribution in [-0.2, 0) is 21.0 Å². The normalized spacial score (nSPS) is 19.4. The Morgan fingerprint density at radius 3 is 2.74 bits per heavy atom. The Balaban J connectivity index is 1.88. The smallest absolute Gasteiger partial charge is 0.169 e. The molecule has 0 radical (unpaired) electrons. The van der Waals surface area contributed by atoms with E-state index in [-0.39, 0.29) is 17.5 Å². The Labute approximate surface area is 143 Å². The SMILES string of the molecule is COCCN(C(=S)NCCc1ccccc1)[C@H]1CCS(=O)(=O)C1. The first kappa shape index (κ1) is 18.2. The van der Waals surface area contributed by atoms with Crippen LogP contribution in [0.3, 0.4) is 0 Å². The third-order valence-corrected chi connectivity index (χ3v) is 6.11.